The van der Waals surface area contributed by atoms with Crippen LogP contribution in [0.4, 0.5) is 0 Å². The molecular weight excluding hydrogens is 292 g/mol. The third-order valence-electron chi connectivity index (χ3n) is 4.19. The van der Waals surface area contributed by atoms with Crippen molar-refractivity contribution in [2.24, 2.45) is 0 Å². The van der Waals surface area contributed by atoms with Gasteiger partial charge >= 0.3 is 0 Å². The third kappa shape index (κ3) is 4.71. The van der Waals surface area contributed by atoms with Crippen molar-refractivity contribution in [1.82, 2.24) is 9.80 Å². The first-order chi connectivity index (χ1) is 11.1. The molecule has 5 nitrogen and oxygen atoms in total. The molecule has 0 bridgehead atoms. The predicted octanol–water partition coefficient (Wildman–Crippen LogP) is 2.31. The number of benzene rings is 1. The molecule has 2 amide bonds. The highest BCUT2D eigenvalue weighted by atomic mass is 16.5. The van der Waals surface area contributed by atoms with Crippen molar-refractivity contribution >= 4 is 11.8 Å². The summed E-state index contributed by atoms with van der Waals surface area (Å²) in [6.07, 6.45) is 3.01. The average molecular weight is 318 g/mol. The topological polar surface area (TPSA) is 49.9 Å². The average Bonchev–Trinajstić information content (AvgIpc) is 2.57. The van der Waals surface area contributed by atoms with Gasteiger partial charge in [0, 0.05) is 20.1 Å². The second-order valence-electron chi connectivity index (χ2n) is 5.92. The fourth-order valence-corrected chi connectivity index (χ4v) is 2.80. The van der Waals surface area contributed by atoms with E-state index in [0.717, 1.165) is 25.0 Å². The predicted molar refractivity (Wildman–Crippen MR) is 89.2 cm³/mol. The molecule has 0 saturated carbocycles. The number of hydrogen-bond acceptors (Lipinski definition) is 3. The first-order valence-corrected chi connectivity index (χ1v) is 8.35. The highest BCUT2D eigenvalue weighted by molar-refractivity contribution is 5.88. The van der Waals surface area contributed by atoms with Crippen molar-refractivity contribution in [3.05, 3.63) is 30.3 Å². The lowest BCUT2D eigenvalue weighted by atomic mass is 10.0. The number of piperazine rings is 1. The molecule has 1 heterocycles. The number of carbonyl (C=O) groups excluding carboxylic acids is 2. The number of rotatable bonds is 7. The Kier molecular flexibility index (Phi) is 6.44. The van der Waals surface area contributed by atoms with E-state index in [1.165, 1.54) is 0 Å². The zero-order chi connectivity index (χ0) is 16.7. The first-order valence-electron chi connectivity index (χ1n) is 8.35. The number of nitrogens with zero attached hydrogens (tertiary/aromatic N) is 2. The van der Waals surface area contributed by atoms with Gasteiger partial charge in [-0.15, -0.1) is 0 Å². The maximum absolute atomic E-state index is 12.5. The molecule has 23 heavy (non-hydrogen) atoms. The molecule has 1 aromatic carbocycles. The van der Waals surface area contributed by atoms with Crippen LogP contribution in [0.3, 0.4) is 0 Å². The summed E-state index contributed by atoms with van der Waals surface area (Å²) in [6.45, 7) is 3.65. The van der Waals surface area contributed by atoms with Gasteiger partial charge in [0.25, 0.3) is 0 Å². The molecule has 5 heteroatoms. The minimum Gasteiger partial charge on any atom is -0.493 e. The van der Waals surface area contributed by atoms with Gasteiger partial charge in [0.2, 0.25) is 11.8 Å². The van der Waals surface area contributed by atoms with Gasteiger partial charge in [0.1, 0.15) is 11.8 Å². The van der Waals surface area contributed by atoms with Crippen LogP contribution in [0.5, 0.6) is 5.75 Å². The Morgan fingerprint density at radius 2 is 2.00 bits per heavy atom. The van der Waals surface area contributed by atoms with E-state index >= 15 is 0 Å². The van der Waals surface area contributed by atoms with Crippen LogP contribution in [0.1, 0.15) is 32.6 Å². The van der Waals surface area contributed by atoms with E-state index in [-0.39, 0.29) is 17.9 Å². The number of hydrogen-bond donors (Lipinski definition) is 0. The van der Waals surface area contributed by atoms with Gasteiger partial charge in [-0.3, -0.25) is 9.59 Å². The molecule has 1 aromatic rings. The summed E-state index contributed by atoms with van der Waals surface area (Å²) >= 11 is 0. The van der Waals surface area contributed by atoms with Crippen LogP contribution in [-0.4, -0.2) is 54.4 Å². The largest absolute Gasteiger partial charge is 0.493 e. The normalized spacial score (nSPS) is 18.2. The molecule has 1 aliphatic rings. The SMILES string of the molecule is CCCC[C@@H]1C(=O)N(C)CCN1C(=O)CCOc1ccccc1. The van der Waals surface area contributed by atoms with Gasteiger partial charge < -0.3 is 14.5 Å². The van der Waals surface area contributed by atoms with Gasteiger partial charge in [-0.2, -0.15) is 0 Å². The van der Waals surface area contributed by atoms with Crippen LogP contribution in [0.2, 0.25) is 0 Å². The number of unbranched alkanes of at least 4 members (excludes halogenated alkanes) is 1. The summed E-state index contributed by atoms with van der Waals surface area (Å²) in [5.74, 6) is 0.822. The summed E-state index contributed by atoms with van der Waals surface area (Å²) in [6, 6.07) is 9.15. The van der Waals surface area contributed by atoms with E-state index in [1.54, 1.807) is 9.80 Å². The van der Waals surface area contributed by atoms with E-state index in [1.807, 2.05) is 37.4 Å². The van der Waals surface area contributed by atoms with Crippen LogP contribution in [0.15, 0.2) is 30.3 Å². The second-order valence-corrected chi connectivity index (χ2v) is 5.92. The molecule has 1 atom stereocenters. The van der Waals surface area contributed by atoms with Gasteiger partial charge in [0.15, 0.2) is 0 Å². The van der Waals surface area contributed by atoms with Crippen molar-refractivity contribution in [3.8, 4) is 5.75 Å². The van der Waals surface area contributed by atoms with Crippen molar-refractivity contribution in [2.45, 2.75) is 38.6 Å². The van der Waals surface area contributed by atoms with Gasteiger partial charge in [0.05, 0.1) is 13.0 Å². The molecule has 1 fully saturated rings. The Bertz CT molecular complexity index is 518. The van der Waals surface area contributed by atoms with Crippen molar-refractivity contribution in [3.63, 3.8) is 0 Å². The van der Waals surface area contributed by atoms with E-state index < -0.39 is 0 Å². The fraction of sp³-hybridized carbons (Fsp3) is 0.556. The summed E-state index contributed by atoms with van der Waals surface area (Å²) in [7, 11) is 1.81. The van der Waals surface area contributed by atoms with E-state index in [2.05, 4.69) is 6.92 Å². The second kappa shape index (κ2) is 8.56. The van der Waals surface area contributed by atoms with Crippen molar-refractivity contribution in [1.29, 1.82) is 0 Å². The first kappa shape index (κ1) is 17.3. The summed E-state index contributed by atoms with van der Waals surface area (Å²) in [5, 5.41) is 0. The van der Waals surface area contributed by atoms with Crippen LogP contribution in [0, 0.1) is 0 Å². The Balaban J connectivity index is 1.89. The Hall–Kier alpha value is -2.04. The molecule has 0 aliphatic carbocycles. The van der Waals surface area contributed by atoms with Gasteiger partial charge in [-0.25, -0.2) is 0 Å². The molecule has 0 unspecified atom stereocenters. The standard InChI is InChI=1S/C18H26N2O3/c1-3-4-10-16-18(22)19(2)12-13-20(16)17(21)11-14-23-15-8-6-5-7-9-15/h5-9,16H,3-4,10-14H2,1-2H3/t16-/m1/s1. The lowest BCUT2D eigenvalue weighted by Crippen LogP contribution is -2.57. The maximum Gasteiger partial charge on any atom is 0.245 e. The van der Waals surface area contributed by atoms with Gasteiger partial charge in [-0.05, 0) is 18.6 Å². The Labute approximate surface area is 138 Å². The number of likely N-dealkylation sites (N-methyl/N-ethyl adjacent to an activating group) is 1. The number of carbonyl (C=O) groups is 2. The lowest BCUT2D eigenvalue weighted by molar-refractivity contribution is -0.150. The molecule has 1 aliphatic heterocycles. The minimum atomic E-state index is -0.307. The zero-order valence-corrected chi connectivity index (χ0v) is 14.0. The maximum atomic E-state index is 12.5. The highest BCUT2D eigenvalue weighted by Crippen LogP contribution is 2.17. The smallest absolute Gasteiger partial charge is 0.245 e. The molecule has 0 aromatic heterocycles. The van der Waals surface area contributed by atoms with Gasteiger partial charge in [-0.1, -0.05) is 38.0 Å². The molecule has 126 valence electrons. The number of para-hydroxylation sites is 1. The van der Waals surface area contributed by atoms with E-state index in [4.69, 9.17) is 4.74 Å². The summed E-state index contributed by atoms with van der Waals surface area (Å²) < 4.78 is 5.59. The fourth-order valence-electron chi connectivity index (χ4n) is 2.80. The molecular formula is C18H26N2O3. The highest BCUT2D eigenvalue weighted by Gasteiger charge is 2.34. The summed E-state index contributed by atoms with van der Waals surface area (Å²) in [4.78, 5) is 28.3. The van der Waals surface area contributed by atoms with Crippen LogP contribution in [0.25, 0.3) is 0 Å². The molecule has 1 saturated heterocycles. The minimum absolute atomic E-state index is 0.00323. The third-order valence-corrected chi connectivity index (χ3v) is 4.19. The van der Waals surface area contributed by atoms with Crippen LogP contribution >= 0.6 is 0 Å². The molecule has 2 rings (SSSR count). The Morgan fingerprint density at radius 1 is 1.26 bits per heavy atom. The molecule has 0 N–H and O–H groups in total. The van der Waals surface area contributed by atoms with E-state index in [9.17, 15) is 9.59 Å². The van der Waals surface area contributed by atoms with Crippen molar-refractivity contribution in [2.75, 3.05) is 26.7 Å². The van der Waals surface area contributed by atoms with E-state index in [0.29, 0.717) is 26.1 Å². The summed E-state index contributed by atoms with van der Waals surface area (Å²) in [5.41, 5.74) is 0. The zero-order valence-electron chi connectivity index (χ0n) is 14.0. The lowest BCUT2D eigenvalue weighted by Gasteiger charge is -2.39. The van der Waals surface area contributed by atoms with Crippen LogP contribution in [-0.2, 0) is 9.59 Å². The van der Waals surface area contributed by atoms with Crippen molar-refractivity contribution < 1.29 is 14.3 Å². The number of amides is 2. The monoisotopic (exact) mass is 318 g/mol. The van der Waals surface area contributed by atoms with Crippen LogP contribution < -0.4 is 4.74 Å². The quantitative estimate of drug-likeness (QED) is 0.775. The Morgan fingerprint density at radius 3 is 2.70 bits per heavy atom. The number of ether oxygens (including phenoxy) is 1. The molecule has 0 radical (unpaired) electrons. The molecule has 0 spiro atoms.